The van der Waals surface area contributed by atoms with Gasteiger partial charge in [0.1, 0.15) is 11.6 Å². The third-order valence-electron chi connectivity index (χ3n) is 5.67. The van der Waals surface area contributed by atoms with E-state index in [0.717, 1.165) is 25.7 Å². The van der Waals surface area contributed by atoms with E-state index in [-0.39, 0.29) is 30.0 Å². The van der Waals surface area contributed by atoms with Gasteiger partial charge in [-0.3, -0.25) is 9.59 Å². The molecule has 5 nitrogen and oxygen atoms in total. The zero-order valence-corrected chi connectivity index (χ0v) is 17.0. The summed E-state index contributed by atoms with van der Waals surface area (Å²) in [5, 5.41) is 2.98. The Hall–Kier alpha value is -2.89. The van der Waals surface area contributed by atoms with Gasteiger partial charge in [-0.25, -0.2) is 4.39 Å². The maximum absolute atomic E-state index is 13.8. The maximum atomic E-state index is 13.8. The topological polar surface area (TPSA) is 58.6 Å². The summed E-state index contributed by atoms with van der Waals surface area (Å²) in [5.41, 5.74) is 1.03. The number of hydrogen-bond donors (Lipinski definition) is 1. The molecule has 158 valence electrons. The van der Waals surface area contributed by atoms with Crippen LogP contribution in [0.1, 0.15) is 41.6 Å². The highest BCUT2D eigenvalue weighted by molar-refractivity contribution is 5.94. The van der Waals surface area contributed by atoms with Gasteiger partial charge in [-0.15, -0.1) is 0 Å². The van der Waals surface area contributed by atoms with Crippen LogP contribution in [0.25, 0.3) is 0 Å². The molecule has 30 heavy (non-hydrogen) atoms. The summed E-state index contributed by atoms with van der Waals surface area (Å²) >= 11 is 0. The van der Waals surface area contributed by atoms with E-state index in [0.29, 0.717) is 42.6 Å². The van der Waals surface area contributed by atoms with Crippen molar-refractivity contribution in [2.24, 2.45) is 5.92 Å². The van der Waals surface area contributed by atoms with Gasteiger partial charge in [-0.2, -0.15) is 0 Å². The Morgan fingerprint density at radius 3 is 2.73 bits per heavy atom. The number of hydrogen-bond acceptors (Lipinski definition) is 3. The van der Waals surface area contributed by atoms with Crippen molar-refractivity contribution in [2.75, 3.05) is 19.7 Å². The lowest BCUT2D eigenvalue weighted by Gasteiger charge is -2.32. The summed E-state index contributed by atoms with van der Waals surface area (Å²) < 4.78 is 19.8. The normalized spacial score (nSPS) is 18.7. The molecule has 1 atom stereocenters. The molecule has 0 radical (unpaired) electrons. The minimum Gasteiger partial charge on any atom is -0.493 e. The molecule has 1 unspecified atom stereocenters. The van der Waals surface area contributed by atoms with Gasteiger partial charge < -0.3 is 15.0 Å². The van der Waals surface area contributed by atoms with E-state index in [4.69, 9.17) is 4.74 Å². The second-order valence-electron chi connectivity index (χ2n) is 8.20. The molecule has 2 aromatic rings. The van der Waals surface area contributed by atoms with Crippen LogP contribution in [-0.2, 0) is 11.2 Å². The fourth-order valence-corrected chi connectivity index (χ4v) is 3.78. The molecule has 2 aliphatic rings. The molecule has 1 saturated heterocycles. The Balaban J connectivity index is 1.29. The maximum Gasteiger partial charge on any atom is 0.251 e. The summed E-state index contributed by atoms with van der Waals surface area (Å²) in [7, 11) is 0. The van der Waals surface area contributed by atoms with Crippen LogP contribution in [0.4, 0.5) is 4.39 Å². The minimum absolute atomic E-state index is 0.0523. The van der Waals surface area contributed by atoms with Crippen molar-refractivity contribution < 1.29 is 18.7 Å². The van der Waals surface area contributed by atoms with Gasteiger partial charge in [0.25, 0.3) is 5.91 Å². The minimum atomic E-state index is -0.339. The second-order valence-corrected chi connectivity index (χ2v) is 8.20. The highest BCUT2D eigenvalue weighted by atomic mass is 19.1. The molecule has 1 heterocycles. The average Bonchev–Trinajstić information content (AvgIpc) is 3.58. The third-order valence-corrected chi connectivity index (χ3v) is 5.67. The van der Waals surface area contributed by atoms with Gasteiger partial charge in [0.2, 0.25) is 5.91 Å². The number of ether oxygens (including phenoxy) is 1. The molecule has 1 aliphatic carbocycles. The van der Waals surface area contributed by atoms with Crippen molar-refractivity contribution in [3.8, 4) is 5.75 Å². The number of piperidine rings is 1. The summed E-state index contributed by atoms with van der Waals surface area (Å²) in [6.07, 6.45) is 4.07. The molecule has 0 aromatic heterocycles. The van der Waals surface area contributed by atoms with Gasteiger partial charge in [0, 0.05) is 30.6 Å². The van der Waals surface area contributed by atoms with Gasteiger partial charge >= 0.3 is 0 Å². The Bertz CT molecular complexity index is 913. The Kier molecular flexibility index (Phi) is 6.31. The number of nitrogens with zero attached hydrogens (tertiary/aromatic N) is 1. The Morgan fingerprint density at radius 1 is 1.10 bits per heavy atom. The van der Waals surface area contributed by atoms with E-state index in [2.05, 4.69) is 5.32 Å². The molecule has 4 rings (SSSR count). The summed E-state index contributed by atoms with van der Waals surface area (Å²) in [6.45, 7) is 1.78. The van der Waals surface area contributed by atoms with Crippen LogP contribution in [0.2, 0.25) is 0 Å². The monoisotopic (exact) mass is 410 g/mol. The van der Waals surface area contributed by atoms with Crippen LogP contribution in [0.15, 0.2) is 48.5 Å². The SMILES string of the molecule is O=C(NC1CC1)c1cccc(OCC2CCCN(C(=O)Cc3ccccc3F)C2)c1. The van der Waals surface area contributed by atoms with Crippen molar-refractivity contribution in [3.63, 3.8) is 0 Å². The standard InChI is InChI=1S/C24H27FN2O3/c25-22-9-2-1-6-18(22)14-23(28)27-12-4-5-17(15-27)16-30-21-8-3-7-19(13-21)24(29)26-20-10-11-20/h1-3,6-9,13,17,20H,4-5,10-12,14-16H2,(H,26,29). The predicted octanol–water partition coefficient (Wildman–Crippen LogP) is 3.58. The van der Waals surface area contributed by atoms with E-state index < -0.39 is 0 Å². The number of carbonyl (C=O) groups is 2. The predicted molar refractivity (Wildman–Crippen MR) is 112 cm³/mol. The summed E-state index contributed by atoms with van der Waals surface area (Å²) in [6, 6.07) is 14.0. The quantitative estimate of drug-likeness (QED) is 0.759. The molecule has 2 aromatic carbocycles. The smallest absolute Gasteiger partial charge is 0.251 e. The Labute approximate surface area is 176 Å². The fourth-order valence-electron chi connectivity index (χ4n) is 3.78. The van der Waals surface area contributed by atoms with Crippen molar-refractivity contribution in [1.82, 2.24) is 10.2 Å². The fraction of sp³-hybridized carbons (Fsp3) is 0.417. The third kappa shape index (κ3) is 5.38. The van der Waals surface area contributed by atoms with E-state index in [1.54, 1.807) is 30.3 Å². The first kappa shape index (κ1) is 20.4. The number of likely N-dealkylation sites (tertiary alicyclic amines) is 1. The molecule has 1 N–H and O–H groups in total. The van der Waals surface area contributed by atoms with Crippen LogP contribution < -0.4 is 10.1 Å². The number of benzene rings is 2. The average molecular weight is 410 g/mol. The number of amides is 2. The molecule has 1 saturated carbocycles. The molecule has 2 amide bonds. The molecule has 0 bridgehead atoms. The first-order chi connectivity index (χ1) is 14.6. The molecular formula is C24H27FN2O3. The number of carbonyl (C=O) groups excluding carboxylic acids is 2. The molecule has 0 spiro atoms. The van der Waals surface area contributed by atoms with Gasteiger partial charge in [0.15, 0.2) is 0 Å². The number of nitrogens with one attached hydrogen (secondary N) is 1. The molecule has 2 fully saturated rings. The summed E-state index contributed by atoms with van der Waals surface area (Å²) in [4.78, 5) is 26.6. The van der Waals surface area contributed by atoms with Crippen LogP contribution >= 0.6 is 0 Å². The zero-order valence-electron chi connectivity index (χ0n) is 17.0. The van der Waals surface area contributed by atoms with Crippen LogP contribution in [0.5, 0.6) is 5.75 Å². The first-order valence-electron chi connectivity index (χ1n) is 10.6. The van der Waals surface area contributed by atoms with E-state index in [1.807, 2.05) is 17.0 Å². The second kappa shape index (κ2) is 9.28. The lowest BCUT2D eigenvalue weighted by molar-refractivity contribution is -0.132. The van der Waals surface area contributed by atoms with Crippen molar-refractivity contribution in [1.29, 1.82) is 0 Å². The highest BCUT2D eigenvalue weighted by Crippen LogP contribution is 2.22. The van der Waals surface area contributed by atoms with Gasteiger partial charge in [-0.1, -0.05) is 24.3 Å². The van der Waals surface area contributed by atoms with Gasteiger partial charge in [-0.05, 0) is 55.5 Å². The first-order valence-corrected chi connectivity index (χ1v) is 10.6. The largest absolute Gasteiger partial charge is 0.493 e. The lowest BCUT2D eigenvalue weighted by atomic mass is 9.98. The molecular weight excluding hydrogens is 383 g/mol. The van der Waals surface area contributed by atoms with E-state index in [9.17, 15) is 14.0 Å². The molecule has 1 aliphatic heterocycles. The van der Waals surface area contributed by atoms with Gasteiger partial charge in [0.05, 0.1) is 13.0 Å². The van der Waals surface area contributed by atoms with Crippen molar-refractivity contribution in [3.05, 3.63) is 65.5 Å². The summed E-state index contributed by atoms with van der Waals surface area (Å²) in [5.74, 6) is 0.419. The number of rotatable bonds is 7. The van der Waals surface area contributed by atoms with E-state index in [1.165, 1.54) is 6.07 Å². The zero-order chi connectivity index (χ0) is 20.9. The van der Waals surface area contributed by atoms with Crippen LogP contribution in [0.3, 0.4) is 0 Å². The van der Waals surface area contributed by atoms with Crippen molar-refractivity contribution >= 4 is 11.8 Å². The molecule has 6 heteroatoms. The van der Waals surface area contributed by atoms with Crippen LogP contribution in [0, 0.1) is 11.7 Å². The number of halogens is 1. The van der Waals surface area contributed by atoms with Crippen LogP contribution in [-0.4, -0.2) is 42.5 Å². The van der Waals surface area contributed by atoms with Crippen molar-refractivity contribution in [2.45, 2.75) is 38.1 Å². The lowest BCUT2D eigenvalue weighted by Crippen LogP contribution is -2.42. The Morgan fingerprint density at radius 2 is 1.93 bits per heavy atom. The van der Waals surface area contributed by atoms with E-state index >= 15 is 0 Å². The highest BCUT2D eigenvalue weighted by Gasteiger charge is 2.25.